The molecule has 5 nitrogen and oxygen atoms in total. The van der Waals surface area contributed by atoms with E-state index in [1.165, 1.54) is 19.2 Å². The molecular weight excluding hydrogens is 366 g/mol. The van der Waals surface area contributed by atoms with E-state index in [1.54, 1.807) is 24.3 Å². The second kappa shape index (κ2) is 8.35. The van der Waals surface area contributed by atoms with Crippen LogP contribution in [0.5, 0.6) is 0 Å². The number of hydrogen-bond donors (Lipinski definition) is 1. The van der Waals surface area contributed by atoms with Gasteiger partial charge in [-0.1, -0.05) is 24.3 Å². The van der Waals surface area contributed by atoms with E-state index in [0.717, 1.165) is 16.9 Å². The standard InChI is InChI=1S/C12H8F2N.C6H6F2N2O2/c13-9-5-8(6-10(14)7-9)11-3-1-2-4-12(11)15;1-10-2-3(6(11)12)4(9-10)5(7)8/h1-7,15H;2,5H,1H3,(H,11,12)/q-1;. The molecule has 2 aromatic carbocycles. The number of nitrogens with one attached hydrogen (secondary N) is 1. The summed E-state index contributed by atoms with van der Waals surface area (Å²) in [6, 6.07) is 9.94. The summed E-state index contributed by atoms with van der Waals surface area (Å²) in [5.41, 5.74) is 7.63. The topological polar surface area (TPSA) is 78.9 Å². The summed E-state index contributed by atoms with van der Waals surface area (Å²) in [5.74, 6) is -2.65. The van der Waals surface area contributed by atoms with Crippen molar-refractivity contribution in [2.45, 2.75) is 6.43 Å². The Labute approximate surface area is 151 Å². The molecule has 142 valence electrons. The first-order valence-electron chi connectivity index (χ1n) is 7.51. The Morgan fingerprint density at radius 3 is 2.22 bits per heavy atom. The van der Waals surface area contributed by atoms with E-state index in [4.69, 9.17) is 10.8 Å². The number of hydrogen-bond acceptors (Lipinski definition) is 2. The molecule has 3 rings (SSSR count). The average Bonchev–Trinajstić information content (AvgIpc) is 2.97. The van der Waals surface area contributed by atoms with Gasteiger partial charge in [-0.05, 0) is 23.3 Å². The van der Waals surface area contributed by atoms with Crippen LogP contribution < -0.4 is 0 Å². The van der Waals surface area contributed by atoms with Gasteiger partial charge in [0.1, 0.15) is 22.9 Å². The van der Waals surface area contributed by atoms with Gasteiger partial charge in [0, 0.05) is 19.3 Å². The molecule has 0 saturated carbocycles. The van der Waals surface area contributed by atoms with Crippen molar-refractivity contribution in [1.82, 2.24) is 9.78 Å². The summed E-state index contributed by atoms with van der Waals surface area (Å²) in [7, 11) is 1.39. The maximum absolute atomic E-state index is 12.9. The highest BCUT2D eigenvalue weighted by molar-refractivity contribution is 5.88. The zero-order chi connectivity index (χ0) is 20.1. The number of alkyl halides is 2. The molecule has 0 radical (unpaired) electrons. The van der Waals surface area contributed by atoms with Gasteiger partial charge >= 0.3 is 5.97 Å². The second-order valence-electron chi connectivity index (χ2n) is 5.41. The van der Waals surface area contributed by atoms with E-state index in [9.17, 15) is 22.4 Å². The van der Waals surface area contributed by atoms with Crippen LogP contribution in [0.1, 0.15) is 22.5 Å². The number of carboxylic acids is 1. The van der Waals surface area contributed by atoms with Crippen molar-refractivity contribution in [3.8, 4) is 11.1 Å². The molecule has 1 aromatic heterocycles. The van der Waals surface area contributed by atoms with Crippen LogP contribution in [-0.2, 0) is 7.05 Å². The summed E-state index contributed by atoms with van der Waals surface area (Å²) < 4.78 is 51.1. The Morgan fingerprint density at radius 1 is 1.15 bits per heavy atom. The molecule has 1 heterocycles. The van der Waals surface area contributed by atoms with Crippen molar-refractivity contribution in [3.63, 3.8) is 0 Å². The van der Waals surface area contributed by atoms with Gasteiger partial charge in [-0.3, -0.25) is 4.68 Å². The Morgan fingerprint density at radius 2 is 1.74 bits per heavy atom. The lowest BCUT2D eigenvalue weighted by atomic mass is 10.0. The van der Waals surface area contributed by atoms with Gasteiger partial charge in [0.15, 0.2) is 0 Å². The number of nitrogens with zero attached hydrogens (tertiary/aromatic N) is 2. The lowest BCUT2D eigenvalue weighted by Gasteiger charge is -2.11. The smallest absolute Gasteiger partial charge is 0.339 e. The number of aryl methyl sites for hydroxylation is 1. The van der Waals surface area contributed by atoms with Crippen LogP contribution in [0.4, 0.5) is 23.2 Å². The zero-order valence-electron chi connectivity index (χ0n) is 14.0. The highest BCUT2D eigenvalue weighted by Crippen LogP contribution is 2.30. The minimum atomic E-state index is -2.85. The summed E-state index contributed by atoms with van der Waals surface area (Å²) in [4.78, 5) is 10.4. The fourth-order valence-electron chi connectivity index (χ4n) is 2.28. The Bertz CT molecular complexity index is 937. The predicted octanol–water partition coefficient (Wildman–Crippen LogP) is 5.37. The highest BCUT2D eigenvalue weighted by Gasteiger charge is 2.21. The van der Waals surface area contributed by atoms with Crippen LogP contribution in [0.15, 0.2) is 48.7 Å². The van der Waals surface area contributed by atoms with Crippen molar-refractivity contribution in [2.75, 3.05) is 0 Å². The summed E-state index contributed by atoms with van der Waals surface area (Å²) in [5, 5.41) is 11.8. The largest absolute Gasteiger partial charge is 0.698 e. The minimum absolute atomic E-state index is 0.252. The molecule has 0 aliphatic rings. The molecule has 0 fully saturated rings. The van der Waals surface area contributed by atoms with Crippen molar-refractivity contribution in [3.05, 3.63) is 77.3 Å². The number of halogens is 4. The normalized spacial score (nSPS) is 10.4. The quantitative estimate of drug-likeness (QED) is 0.620. The monoisotopic (exact) mass is 380 g/mol. The average molecular weight is 380 g/mol. The molecule has 0 amide bonds. The Hall–Kier alpha value is -3.36. The predicted molar refractivity (Wildman–Crippen MR) is 90.9 cm³/mol. The first-order valence-corrected chi connectivity index (χ1v) is 7.51. The number of carbonyl (C=O) groups is 1. The van der Waals surface area contributed by atoms with Gasteiger partial charge in [-0.25, -0.2) is 22.4 Å². The van der Waals surface area contributed by atoms with Gasteiger partial charge in [0.2, 0.25) is 0 Å². The maximum Gasteiger partial charge on any atom is 0.339 e. The molecule has 9 heteroatoms. The third-order valence-corrected chi connectivity index (χ3v) is 3.40. The molecule has 0 aliphatic carbocycles. The SMILES string of the molecule is Cn1cc(C(=O)O)c(C(F)F)n1.[NH-]c1ccccc1-c1cc(F)cc(F)c1. The van der Waals surface area contributed by atoms with Crippen LogP contribution in [0.3, 0.4) is 0 Å². The van der Waals surface area contributed by atoms with Crippen LogP contribution >= 0.6 is 0 Å². The summed E-state index contributed by atoms with van der Waals surface area (Å²) >= 11 is 0. The summed E-state index contributed by atoms with van der Waals surface area (Å²) in [6.45, 7) is 0. The van der Waals surface area contributed by atoms with Gasteiger partial charge in [-0.2, -0.15) is 5.10 Å². The number of benzene rings is 2. The second-order valence-corrected chi connectivity index (χ2v) is 5.41. The fraction of sp³-hybridized carbons (Fsp3) is 0.111. The van der Waals surface area contributed by atoms with Crippen molar-refractivity contribution >= 4 is 11.7 Å². The highest BCUT2D eigenvalue weighted by atomic mass is 19.3. The van der Waals surface area contributed by atoms with E-state index < -0.39 is 35.3 Å². The van der Waals surface area contributed by atoms with Crippen molar-refractivity contribution in [1.29, 1.82) is 0 Å². The van der Waals surface area contributed by atoms with Crippen molar-refractivity contribution in [2.24, 2.45) is 7.05 Å². The van der Waals surface area contributed by atoms with Crippen LogP contribution in [0.2, 0.25) is 0 Å². The molecule has 0 atom stereocenters. The molecule has 0 spiro atoms. The van der Waals surface area contributed by atoms with E-state index in [2.05, 4.69) is 5.10 Å². The zero-order valence-corrected chi connectivity index (χ0v) is 14.0. The molecule has 0 bridgehead atoms. The molecule has 2 N–H and O–H groups in total. The van der Waals surface area contributed by atoms with Crippen LogP contribution in [0.25, 0.3) is 16.9 Å². The van der Waals surface area contributed by atoms with Crippen LogP contribution in [-0.4, -0.2) is 20.9 Å². The molecule has 3 aromatic rings. The summed E-state index contributed by atoms with van der Waals surface area (Å²) in [6.07, 6.45) is -1.80. The number of rotatable bonds is 3. The maximum atomic E-state index is 12.9. The molecule has 0 saturated heterocycles. The van der Waals surface area contributed by atoms with Gasteiger partial charge in [-0.15, -0.1) is 5.69 Å². The van der Waals surface area contributed by atoms with Gasteiger partial charge < -0.3 is 10.8 Å². The van der Waals surface area contributed by atoms with E-state index in [0.29, 0.717) is 11.1 Å². The third kappa shape index (κ3) is 5.06. The van der Waals surface area contributed by atoms with Crippen LogP contribution in [0, 0.1) is 11.6 Å². The Balaban J connectivity index is 0.000000199. The molecule has 0 unspecified atom stereocenters. The number of carboxylic acid groups (broad SMARTS) is 1. The first-order chi connectivity index (χ1) is 12.7. The molecule has 27 heavy (non-hydrogen) atoms. The molecule has 0 aliphatic heterocycles. The third-order valence-electron chi connectivity index (χ3n) is 3.40. The Kier molecular flexibility index (Phi) is 6.17. The molecular formula is C18H14F4N3O2-. The number of aromatic nitrogens is 2. The minimum Gasteiger partial charge on any atom is -0.698 e. The lowest BCUT2D eigenvalue weighted by molar-refractivity contribution is 0.0684. The van der Waals surface area contributed by atoms with E-state index in [-0.39, 0.29) is 5.69 Å². The number of aromatic carboxylic acids is 1. The van der Waals surface area contributed by atoms with Crippen molar-refractivity contribution < 1.29 is 27.5 Å². The fourth-order valence-corrected chi connectivity index (χ4v) is 2.28. The van der Waals surface area contributed by atoms with Gasteiger partial charge in [0.05, 0.1) is 0 Å². The van der Waals surface area contributed by atoms with E-state index in [1.807, 2.05) is 0 Å². The van der Waals surface area contributed by atoms with E-state index >= 15 is 0 Å². The first kappa shape index (κ1) is 20.0. The lowest BCUT2D eigenvalue weighted by Crippen LogP contribution is -1.99. The van der Waals surface area contributed by atoms with Gasteiger partial charge in [0.25, 0.3) is 6.43 Å².